The number of aryl methyl sites for hydroxylation is 1. The molecule has 1 heterocycles. The van der Waals surface area contributed by atoms with Crippen molar-refractivity contribution in [2.75, 3.05) is 0 Å². The highest BCUT2D eigenvalue weighted by Gasteiger charge is 2.51. The molecule has 1 aromatic carbocycles. The lowest BCUT2D eigenvalue weighted by Crippen LogP contribution is -2.32. The molecule has 3 rings (SSSR count). The zero-order valence-electron chi connectivity index (χ0n) is 8.56. The van der Waals surface area contributed by atoms with Crippen molar-refractivity contribution in [3.8, 4) is 0 Å². The van der Waals surface area contributed by atoms with Gasteiger partial charge < -0.3 is 9.47 Å². The van der Waals surface area contributed by atoms with E-state index < -0.39 is 17.7 Å². The van der Waals surface area contributed by atoms with Gasteiger partial charge in [0.2, 0.25) is 0 Å². The molecule has 0 radical (unpaired) electrons. The fourth-order valence-corrected chi connectivity index (χ4v) is 2.37. The van der Waals surface area contributed by atoms with Crippen LogP contribution in [0.1, 0.15) is 24.0 Å². The van der Waals surface area contributed by atoms with Crippen LogP contribution >= 0.6 is 0 Å². The molecule has 0 aromatic heterocycles. The van der Waals surface area contributed by atoms with E-state index in [1.54, 1.807) is 0 Å². The first-order valence-electron chi connectivity index (χ1n) is 5.26. The van der Waals surface area contributed by atoms with Gasteiger partial charge in [-0.1, -0.05) is 24.3 Å². The zero-order chi connectivity index (χ0) is 11.2. The van der Waals surface area contributed by atoms with E-state index in [9.17, 15) is 9.59 Å². The number of fused-ring (bicyclic) bond motifs is 2. The molecule has 0 N–H and O–H groups in total. The third-order valence-electron chi connectivity index (χ3n) is 3.06. The molecule has 1 aromatic rings. The van der Waals surface area contributed by atoms with Gasteiger partial charge in [0.05, 0.1) is 0 Å². The van der Waals surface area contributed by atoms with E-state index in [1.807, 2.05) is 24.3 Å². The highest BCUT2D eigenvalue weighted by molar-refractivity contribution is 6.31. The largest absolute Gasteiger partial charge is 0.421 e. The number of benzene rings is 1. The van der Waals surface area contributed by atoms with Crippen LogP contribution in [0.15, 0.2) is 24.3 Å². The summed E-state index contributed by atoms with van der Waals surface area (Å²) in [4.78, 5) is 22.3. The molecule has 4 nitrogen and oxygen atoms in total. The van der Waals surface area contributed by atoms with E-state index >= 15 is 0 Å². The lowest BCUT2D eigenvalue weighted by atomic mass is 9.87. The Hall–Kier alpha value is -1.84. The summed E-state index contributed by atoms with van der Waals surface area (Å²) in [7, 11) is 0. The number of ether oxygens (including phenoxy) is 2. The molecule has 0 saturated carbocycles. The van der Waals surface area contributed by atoms with Crippen LogP contribution in [0.4, 0.5) is 0 Å². The fraction of sp³-hybridized carbons (Fsp3) is 0.333. The summed E-state index contributed by atoms with van der Waals surface area (Å²) < 4.78 is 10.2. The molecule has 0 bridgehead atoms. The zero-order valence-corrected chi connectivity index (χ0v) is 8.56. The number of carbonyl (C=O) groups excluding carboxylic acids is 2. The van der Waals surface area contributed by atoms with Crippen LogP contribution < -0.4 is 0 Å². The minimum atomic E-state index is -1.15. The second-order valence-corrected chi connectivity index (χ2v) is 4.04. The Morgan fingerprint density at radius 2 is 1.75 bits per heavy atom. The molecular weight excluding hydrogens is 208 g/mol. The minimum absolute atomic E-state index is 0.543. The van der Waals surface area contributed by atoms with E-state index in [-0.39, 0.29) is 0 Å². The van der Waals surface area contributed by atoms with Crippen LogP contribution in [0, 0.1) is 0 Å². The van der Waals surface area contributed by atoms with Crippen LogP contribution in [-0.4, -0.2) is 11.9 Å². The standard InChI is InChI=1S/C12H10O4/c13-10-11(14)16-12(15-10)7-3-5-8-4-1-2-6-9(8)12/h1-2,4,6H,3,5,7H2. The molecule has 1 saturated heterocycles. The molecule has 0 unspecified atom stereocenters. The van der Waals surface area contributed by atoms with Gasteiger partial charge in [0, 0.05) is 12.0 Å². The van der Waals surface area contributed by atoms with E-state index in [0.29, 0.717) is 6.42 Å². The second-order valence-electron chi connectivity index (χ2n) is 4.04. The maximum Gasteiger partial charge on any atom is 0.421 e. The van der Waals surface area contributed by atoms with Crippen molar-refractivity contribution in [2.24, 2.45) is 0 Å². The molecule has 1 aliphatic heterocycles. The molecule has 16 heavy (non-hydrogen) atoms. The van der Waals surface area contributed by atoms with Gasteiger partial charge in [-0.25, -0.2) is 9.59 Å². The molecule has 2 aliphatic rings. The number of rotatable bonds is 0. The molecule has 0 amide bonds. The summed E-state index contributed by atoms with van der Waals surface area (Å²) in [5, 5.41) is 0. The number of hydrogen-bond donors (Lipinski definition) is 0. The second kappa shape index (κ2) is 3.07. The van der Waals surface area contributed by atoms with Gasteiger partial charge in [-0.15, -0.1) is 0 Å². The number of esters is 2. The Bertz CT molecular complexity index is 462. The first-order valence-corrected chi connectivity index (χ1v) is 5.26. The normalized spacial score (nSPS) is 21.5. The highest BCUT2D eigenvalue weighted by Crippen LogP contribution is 2.42. The maximum absolute atomic E-state index is 11.2. The van der Waals surface area contributed by atoms with Crippen molar-refractivity contribution in [2.45, 2.75) is 25.0 Å². The summed E-state index contributed by atoms with van der Waals surface area (Å²) in [6, 6.07) is 7.60. The van der Waals surface area contributed by atoms with Crippen molar-refractivity contribution in [3.63, 3.8) is 0 Å². The quantitative estimate of drug-likeness (QED) is 0.486. The number of carbonyl (C=O) groups is 2. The van der Waals surface area contributed by atoms with Crippen molar-refractivity contribution in [3.05, 3.63) is 35.4 Å². The molecular formula is C12H10O4. The first kappa shape index (κ1) is 9.39. The average Bonchev–Trinajstić information content (AvgIpc) is 2.56. The Morgan fingerprint density at radius 3 is 2.50 bits per heavy atom. The SMILES string of the molecule is O=C1OC2(CCCc3ccccc32)OC1=O. The first-order chi connectivity index (χ1) is 7.71. The van der Waals surface area contributed by atoms with Gasteiger partial charge in [0.15, 0.2) is 0 Å². The summed E-state index contributed by atoms with van der Waals surface area (Å²) in [5.74, 6) is -2.93. The smallest absolute Gasteiger partial charge is 0.409 e. The van der Waals surface area contributed by atoms with Crippen LogP contribution in [0.3, 0.4) is 0 Å². The van der Waals surface area contributed by atoms with Gasteiger partial charge in [-0.05, 0) is 18.4 Å². The number of hydrogen-bond acceptors (Lipinski definition) is 4. The van der Waals surface area contributed by atoms with Gasteiger partial charge in [-0.2, -0.15) is 0 Å². The topological polar surface area (TPSA) is 52.6 Å². The third-order valence-corrected chi connectivity index (χ3v) is 3.06. The highest BCUT2D eigenvalue weighted by atomic mass is 16.8. The van der Waals surface area contributed by atoms with E-state index in [2.05, 4.69) is 0 Å². The molecule has 1 spiro atoms. The van der Waals surface area contributed by atoms with Crippen LogP contribution in [0.5, 0.6) is 0 Å². The van der Waals surface area contributed by atoms with Gasteiger partial charge in [-0.3, -0.25) is 0 Å². The molecule has 1 aliphatic carbocycles. The minimum Gasteiger partial charge on any atom is -0.409 e. The van der Waals surface area contributed by atoms with Crippen LogP contribution in [0.2, 0.25) is 0 Å². The van der Waals surface area contributed by atoms with Crippen molar-refractivity contribution in [1.82, 2.24) is 0 Å². The third kappa shape index (κ3) is 1.16. The average molecular weight is 218 g/mol. The monoisotopic (exact) mass is 218 g/mol. The van der Waals surface area contributed by atoms with E-state index in [1.165, 1.54) is 0 Å². The summed E-state index contributed by atoms with van der Waals surface area (Å²) >= 11 is 0. The Kier molecular flexibility index (Phi) is 1.80. The van der Waals surface area contributed by atoms with Crippen LogP contribution in [0.25, 0.3) is 0 Å². The van der Waals surface area contributed by atoms with Gasteiger partial charge >= 0.3 is 11.9 Å². The predicted octanol–water partition coefficient (Wildman–Crippen LogP) is 1.28. The molecule has 82 valence electrons. The fourth-order valence-electron chi connectivity index (χ4n) is 2.37. The summed E-state index contributed by atoms with van der Waals surface area (Å²) in [5.41, 5.74) is 1.89. The molecule has 4 heteroatoms. The summed E-state index contributed by atoms with van der Waals surface area (Å²) in [6.07, 6.45) is 2.31. The summed E-state index contributed by atoms with van der Waals surface area (Å²) in [6.45, 7) is 0. The van der Waals surface area contributed by atoms with Crippen molar-refractivity contribution in [1.29, 1.82) is 0 Å². The van der Waals surface area contributed by atoms with Crippen molar-refractivity contribution >= 4 is 11.9 Å². The lowest BCUT2D eigenvalue weighted by molar-refractivity contribution is -0.189. The van der Waals surface area contributed by atoms with E-state index in [0.717, 1.165) is 24.0 Å². The van der Waals surface area contributed by atoms with E-state index in [4.69, 9.17) is 9.47 Å². The maximum atomic E-state index is 11.2. The van der Waals surface area contributed by atoms with Gasteiger partial charge in [0.25, 0.3) is 5.79 Å². The van der Waals surface area contributed by atoms with Crippen LogP contribution in [-0.2, 0) is 31.3 Å². The Balaban J connectivity index is 2.11. The Labute approximate surface area is 92.2 Å². The molecule has 0 atom stereocenters. The predicted molar refractivity (Wildman–Crippen MR) is 53.2 cm³/mol. The van der Waals surface area contributed by atoms with Gasteiger partial charge in [0.1, 0.15) is 0 Å². The lowest BCUT2D eigenvalue weighted by Gasteiger charge is -2.31. The Morgan fingerprint density at radius 1 is 1.06 bits per heavy atom. The molecule has 1 fully saturated rings. The van der Waals surface area contributed by atoms with Crippen molar-refractivity contribution < 1.29 is 19.1 Å².